The van der Waals surface area contributed by atoms with E-state index in [4.69, 9.17) is 0 Å². The van der Waals surface area contributed by atoms with Crippen LogP contribution >= 0.6 is 0 Å². The maximum Gasteiger partial charge on any atom is 0.117 e. The monoisotopic (exact) mass is 384 g/mol. The number of aromatic nitrogens is 3. The third kappa shape index (κ3) is 8.14. The fourth-order valence-corrected chi connectivity index (χ4v) is 3.67. The zero-order chi connectivity index (χ0) is 20.0. The molecule has 0 saturated heterocycles. The van der Waals surface area contributed by atoms with Crippen molar-refractivity contribution >= 4 is 0 Å². The summed E-state index contributed by atoms with van der Waals surface area (Å²) < 4.78 is 0. The second kappa shape index (κ2) is 13.5. The Balaban J connectivity index is 1.94. The first-order valence-electron chi connectivity index (χ1n) is 11.4. The van der Waals surface area contributed by atoms with Gasteiger partial charge in [0.05, 0.1) is 5.69 Å². The highest BCUT2D eigenvalue weighted by atomic mass is 15.3. The second-order valence-electron chi connectivity index (χ2n) is 8.11. The van der Waals surface area contributed by atoms with Crippen molar-refractivity contribution in [1.82, 2.24) is 20.3 Å². The van der Waals surface area contributed by atoms with Crippen LogP contribution < -0.4 is 0 Å². The summed E-state index contributed by atoms with van der Waals surface area (Å²) in [5.74, 6) is 0. The molecule has 1 aromatic heterocycles. The predicted molar refractivity (Wildman–Crippen MR) is 119 cm³/mol. The summed E-state index contributed by atoms with van der Waals surface area (Å²) in [4.78, 5) is 2.60. The van der Waals surface area contributed by atoms with E-state index in [2.05, 4.69) is 65.3 Å². The van der Waals surface area contributed by atoms with E-state index >= 15 is 0 Å². The largest absolute Gasteiger partial charge is 0.297 e. The minimum absolute atomic E-state index is 0.914. The van der Waals surface area contributed by atoms with E-state index < -0.39 is 0 Å². The number of aromatic amines is 1. The Morgan fingerprint density at radius 2 is 1.36 bits per heavy atom. The zero-order valence-electron chi connectivity index (χ0n) is 18.3. The molecule has 0 fully saturated rings. The molecule has 1 aromatic carbocycles. The molecular formula is C24H40N4. The number of H-pyrrole nitrogens is 1. The Morgan fingerprint density at radius 3 is 1.93 bits per heavy atom. The standard InChI is InChI=1S/C24H40N4/c1-4-6-8-10-12-18-28(19-13-11-9-7-5-2)20-23-24(26-27-25-23)22-16-14-21(3)15-17-22/h14-17H,4-13,18-20H2,1-3H3,(H,25,26,27). The molecule has 0 spiro atoms. The number of benzene rings is 1. The van der Waals surface area contributed by atoms with Crippen molar-refractivity contribution in [2.75, 3.05) is 13.1 Å². The average molecular weight is 385 g/mol. The van der Waals surface area contributed by atoms with Gasteiger partial charge in [0, 0.05) is 12.1 Å². The molecule has 0 amide bonds. The van der Waals surface area contributed by atoms with Crippen LogP contribution in [-0.2, 0) is 6.54 Å². The van der Waals surface area contributed by atoms with Crippen LogP contribution in [0.1, 0.15) is 89.3 Å². The van der Waals surface area contributed by atoms with Gasteiger partial charge in [-0.2, -0.15) is 0 Å². The van der Waals surface area contributed by atoms with Gasteiger partial charge in [-0.05, 0) is 32.9 Å². The summed E-state index contributed by atoms with van der Waals surface area (Å²) in [6.45, 7) is 9.93. The first kappa shape index (κ1) is 22.6. The molecule has 0 saturated carbocycles. The molecule has 4 nitrogen and oxygen atoms in total. The molecule has 1 N–H and O–H groups in total. The fraction of sp³-hybridized carbons (Fsp3) is 0.667. The summed E-state index contributed by atoms with van der Waals surface area (Å²) in [5.41, 5.74) is 4.57. The first-order chi connectivity index (χ1) is 13.7. The third-order valence-electron chi connectivity index (χ3n) is 5.48. The van der Waals surface area contributed by atoms with E-state index in [-0.39, 0.29) is 0 Å². The maximum atomic E-state index is 4.38. The molecule has 0 atom stereocenters. The minimum atomic E-state index is 0.914. The molecule has 0 bridgehead atoms. The van der Waals surface area contributed by atoms with E-state index in [0.29, 0.717) is 0 Å². The van der Waals surface area contributed by atoms with Crippen LogP contribution in [0.25, 0.3) is 11.3 Å². The Morgan fingerprint density at radius 1 is 0.786 bits per heavy atom. The SMILES string of the molecule is CCCCCCCN(CCCCCCC)Cc1[nH]nnc1-c1ccc(C)cc1. The summed E-state index contributed by atoms with van der Waals surface area (Å²) >= 11 is 0. The van der Waals surface area contributed by atoms with Crippen LogP contribution in [0.4, 0.5) is 0 Å². The van der Waals surface area contributed by atoms with Crippen LogP contribution in [-0.4, -0.2) is 33.4 Å². The number of nitrogens with zero attached hydrogens (tertiary/aromatic N) is 3. The van der Waals surface area contributed by atoms with Crippen LogP contribution in [0.3, 0.4) is 0 Å². The topological polar surface area (TPSA) is 44.8 Å². The number of nitrogens with one attached hydrogen (secondary N) is 1. The van der Waals surface area contributed by atoms with Gasteiger partial charge < -0.3 is 0 Å². The van der Waals surface area contributed by atoms with Gasteiger partial charge in [0.25, 0.3) is 0 Å². The molecule has 1 heterocycles. The summed E-state index contributed by atoms with van der Waals surface area (Å²) in [6.07, 6.45) is 13.3. The maximum absolute atomic E-state index is 4.38. The smallest absolute Gasteiger partial charge is 0.117 e. The van der Waals surface area contributed by atoms with Gasteiger partial charge in [-0.3, -0.25) is 10.00 Å². The first-order valence-corrected chi connectivity index (χ1v) is 11.4. The van der Waals surface area contributed by atoms with E-state index in [1.54, 1.807) is 0 Å². The number of hydrogen-bond donors (Lipinski definition) is 1. The average Bonchev–Trinajstić information content (AvgIpc) is 3.16. The lowest BCUT2D eigenvalue weighted by Crippen LogP contribution is -2.26. The summed E-state index contributed by atoms with van der Waals surface area (Å²) in [6, 6.07) is 8.59. The number of hydrogen-bond acceptors (Lipinski definition) is 3. The number of rotatable bonds is 15. The molecule has 0 aliphatic carbocycles. The number of unbranched alkanes of at least 4 members (excludes halogenated alkanes) is 8. The van der Waals surface area contributed by atoms with Crippen molar-refractivity contribution in [2.24, 2.45) is 0 Å². The van der Waals surface area contributed by atoms with Crippen molar-refractivity contribution < 1.29 is 0 Å². The van der Waals surface area contributed by atoms with Crippen molar-refractivity contribution in [2.45, 2.75) is 91.5 Å². The Hall–Kier alpha value is -1.68. The normalized spacial score (nSPS) is 11.4. The zero-order valence-corrected chi connectivity index (χ0v) is 18.3. The second-order valence-corrected chi connectivity index (χ2v) is 8.11. The lowest BCUT2D eigenvalue weighted by atomic mass is 10.1. The van der Waals surface area contributed by atoms with Crippen LogP contribution in [0, 0.1) is 6.92 Å². The molecule has 0 unspecified atom stereocenters. The molecule has 156 valence electrons. The van der Waals surface area contributed by atoms with Crippen molar-refractivity contribution in [3.8, 4) is 11.3 Å². The predicted octanol–water partition coefficient (Wildman–Crippen LogP) is 6.52. The molecule has 0 aliphatic heterocycles. The minimum Gasteiger partial charge on any atom is -0.297 e. The lowest BCUT2D eigenvalue weighted by molar-refractivity contribution is 0.249. The Bertz CT molecular complexity index is 618. The Labute approximate surface area is 172 Å². The van der Waals surface area contributed by atoms with E-state index in [9.17, 15) is 0 Å². The van der Waals surface area contributed by atoms with Crippen LogP contribution in [0.5, 0.6) is 0 Å². The highest BCUT2D eigenvalue weighted by Crippen LogP contribution is 2.21. The molecule has 0 radical (unpaired) electrons. The Kier molecular flexibility index (Phi) is 10.9. The fourth-order valence-electron chi connectivity index (χ4n) is 3.67. The quantitative estimate of drug-likeness (QED) is 0.355. The molecule has 0 aliphatic rings. The van der Waals surface area contributed by atoms with Crippen molar-refractivity contribution in [1.29, 1.82) is 0 Å². The van der Waals surface area contributed by atoms with Gasteiger partial charge >= 0.3 is 0 Å². The highest BCUT2D eigenvalue weighted by molar-refractivity contribution is 5.61. The van der Waals surface area contributed by atoms with Crippen LogP contribution in [0.15, 0.2) is 24.3 Å². The molecule has 2 aromatic rings. The van der Waals surface area contributed by atoms with Gasteiger partial charge in [-0.15, -0.1) is 5.10 Å². The van der Waals surface area contributed by atoms with Gasteiger partial charge in [0.1, 0.15) is 5.69 Å². The van der Waals surface area contributed by atoms with E-state index in [0.717, 1.165) is 23.5 Å². The molecular weight excluding hydrogens is 344 g/mol. The highest BCUT2D eigenvalue weighted by Gasteiger charge is 2.14. The van der Waals surface area contributed by atoms with Gasteiger partial charge in [0.15, 0.2) is 0 Å². The van der Waals surface area contributed by atoms with Gasteiger partial charge in [-0.25, -0.2) is 0 Å². The molecule has 4 heteroatoms. The summed E-state index contributed by atoms with van der Waals surface area (Å²) in [5, 5.41) is 11.7. The lowest BCUT2D eigenvalue weighted by Gasteiger charge is -2.22. The van der Waals surface area contributed by atoms with Crippen molar-refractivity contribution in [3.05, 3.63) is 35.5 Å². The molecule has 28 heavy (non-hydrogen) atoms. The van der Waals surface area contributed by atoms with Crippen molar-refractivity contribution in [3.63, 3.8) is 0 Å². The molecule has 2 rings (SSSR count). The van der Waals surface area contributed by atoms with Gasteiger partial charge in [0.2, 0.25) is 0 Å². The summed E-state index contributed by atoms with van der Waals surface area (Å²) in [7, 11) is 0. The van der Waals surface area contributed by atoms with E-state index in [1.165, 1.54) is 82.9 Å². The third-order valence-corrected chi connectivity index (χ3v) is 5.48. The van der Waals surface area contributed by atoms with E-state index in [1.807, 2.05) is 0 Å². The van der Waals surface area contributed by atoms with Crippen LogP contribution in [0.2, 0.25) is 0 Å². The number of aryl methyl sites for hydroxylation is 1. The van der Waals surface area contributed by atoms with Gasteiger partial charge in [-0.1, -0.05) is 100 Å².